The van der Waals surface area contributed by atoms with Crippen molar-refractivity contribution in [3.8, 4) is 5.75 Å². The molecule has 1 atom stereocenters. The van der Waals surface area contributed by atoms with Crippen molar-refractivity contribution in [1.82, 2.24) is 5.32 Å². The van der Waals surface area contributed by atoms with Crippen LogP contribution in [-0.2, 0) is 16.0 Å². The summed E-state index contributed by atoms with van der Waals surface area (Å²) in [5.74, 6) is 0.884. The van der Waals surface area contributed by atoms with Gasteiger partial charge in [-0.2, -0.15) is 0 Å². The minimum atomic E-state index is 0.00534. The third-order valence-corrected chi connectivity index (χ3v) is 3.45. The van der Waals surface area contributed by atoms with Crippen LogP contribution in [0.3, 0.4) is 0 Å². The van der Waals surface area contributed by atoms with Gasteiger partial charge in [0.1, 0.15) is 5.75 Å². The maximum absolute atomic E-state index is 11.4. The van der Waals surface area contributed by atoms with Crippen LogP contribution in [0.2, 0.25) is 0 Å². The smallest absolute Gasteiger partial charge is 0.223 e. The van der Waals surface area contributed by atoms with E-state index in [-0.39, 0.29) is 12.0 Å². The lowest BCUT2D eigenvalue weighted by Gasteiger charge is -2.26. The van der Waals surface area contributed by atoms with Crippen molar-refractivity contribution in [1.29, 1.82) is 0 Å². The van der Waals surface area contributed by atoms with Gasteiger partial charge in [0.05, 0.1) is 19.8 Å². The van der Waals surface area contributed by atoms with E-state index in [1.165, 1.54) is 11.1 Å². The van der Waals surface area contributed by atoms with Gasteiger partial charge in [-0.1, -0.05) is 12.1 Å². The summed E-state index contributed by atoms with van der Waals surface area (Å²) in [5, 5.41) is 2.87. The number of fused-ring (bicyclic) bond motifs is 1. The fourth-order valence-corrected chi connectivity index (χ4v) is 2.43. The van der Waals surface area contributed by atoms with E-state index in [0.29, 0.717) is 19.6 Å². The molecule has 1 N–H and O–H groups in total. The fourth-order valence-electron chi connectivity index (χ4n) is 2.43. The van der Waals surface area contributed by atoms with Gasteiger partial charge in [-0.15, -0.1) is 6.58 Å². The van der Waals surface area contributed by atoms with Crippen molar-refractivity contribution < 1.29 is 14.3 Å². The second-order valence-corrected chi connectivity index (χ2v) is 4.81. The molecular formula is C16H21NO3. The summed E-state index contributed by atoms with van der Waals surface area (Å²) in [4.78, 5) is 11.4. The van der Waals surface area contributed by atoms with E-state index in [0.717, 1.165) is 18.6 Å². The number of amides is 1. The maximum atomic E-state index is 11.4. The second-order valence-electron chi connectivity index (χ2n) is 4.81. The van der Waals surface area contributed by atoms with E-state index in [1.54, 1.807) is 13.2 Å². The van der Waals surface area contributed by atoms with E-state index in [2.05, 4.69) is 24.0 Å². The Bertz CT molecular complexity index is 485. The zero-order valence-corrected chi connectivity index (χ0v) is 11.9. The minimum absolute atomic E-state index is 0.00534. The summed E-state index contributed by atoms with van der Waals surface area (Å²) < 4.78 is 11.1. The van der Waals surface area contributed by atoms with Crippen molar-refractivity contribution in [2.45, 2.75) is 25.4 Å². The predicted octanol–water partition coefficient (Wildman–Crippen LogP) is 2.39. The van der Waals surface area contributed by atoms with Crippen LogP contribution in [0.15, 0.2) is 30.9 Å². The van der Waals surface area contributed by atoms with Crippen LogP contribution >= 0.6 is 0 Å². The zero-order chi connectivity index (χ0) is 14.4. The molecule has 1 aromatic carbocycles. The maximum Gasteiger partial charge on any atom is 0.223 e. The predicted molar refractivity (Wildman–Crippen MR) is 77.8 cm³/mol. The van der Waals surface area contributed by atoms with Crippen molar-refractivity contribution in [3.05, 3.63) is 42.0 Å². The Labute approximate surface area is 119 Å². The Morgan fingerprint density at radius 2 is 2.45 bits per heavy atom. The lowest BCUT2D eigenvalue weighted by Crippen LogP contribution is -2.26. The SMILES string of the molecule is C=CCC(=O)NCCC1OCCc2cc(OC)ccc21. The van der Waals surface area contributed by atoms with Crippen molar-refractivity contribution in [2.75, 3.05) is 20.3 Å². The molecule has 1 aromatic rings. The number of nitrogens with one attached hydrogen (secondary N) is 1. The van der Waals surface area contributed by atoms with Gasteiger partial charge in [0.15, 0.2) is 0 Å². The van der Waals surface area contributed by atoms with Gasteiger partial charge in [0, 0.05) is 13.0 Å². The highest BCUT2D eigenvalue weighted by molar-refractivity contribution is 5.77. The molecule has 1 amide bonds. The lowest BCUT2D eigenvalue weighted by atomic mass is 9.95. The van der Waals surface area contributed by atoms with Gasteiger partial charge >= 0.3 is 0 Å². The molecule has 1 aliphatic heterocycles. The molecular weight excluding hydrogens is 254 g/mol. The Hall–Kier alpha value is -1.81. The molecule has 2 rings (SSSR count). The second kappa shape index (κ2) is 7.10. The quantitative estimate of drug-likeness (QED) is 0.811. The van der Waals surface area contributed by atoms with E-state index < -0.39 is 0 Å². The molecule has 1 heterocycles. The van der Waals surface area contributed by atoms with E-state index in [1.807, 2.05) is 6.07 Å². The summed E-state index contributed by atoms with van der Waals surface area (Å²) in [7, 11) is 1.67. The number of rotatable bonds is 6. The van der Waals surface area contributed by atoms with Crippen LogP contribution in [0.5, 0.6) is 5.75 Å². The summed E-state index contributed by atoms with van der Waals surface area (Å²) >= 11 is 0. The van der Waals surface area contributed by atoms with Gasteiger partial charge in [-0.05, 0) is 36.1 Å². The number of methoxy groups -OCH3 is 1. The lowest BCUT2D eigenvalue weighted by molar-refractivity contribution is -0.120. The first kappa shape index (κ1) is 14.6. The van der Waals surface area contributed by atoms with Gasteiger partial charge in [0.25, 0.3) is 0 Å². The van der Waals surface area contributed by atoms with E-state index in [9.17, 15) is 4.79 Å². The molecule has 0 saturated heterocycles. The minimum Gasteiger partial charge on any atom is -0.497 e. The van der Waals surface area contributed by atoms with Gasteiger partial charge in [-0.3, -0.25) is 4.79 Å². The first-order chi connectivity index (χ1) is 9.74. The third kappa shape index (κ3) is 3.61. The molecule has 4 heteroatoms. The van der Waals surface area contributed by atoms with Crippen LogP contribution in [-0.4, -0.2) is 26.2 Å². The first-order valence-electron chi connectivity index (χ1n) is 6.90. The monoisotopic (exact) mass is 275 g/mol. The molecule has 0 bridgehead atoms. The Balaban J connectivity index is 1.94. The highest BCUT2D eigenvalue weighted by atomic mass is 16.5. The Kier molecular flexibility index (Phi) is 5.18. The first-order valence-corrected chi connectivity index (χ1v) is 6.90. The van der Waals surface area contributed by atoms with Gasteiger partial charge in [-0.25, -0.2) is 0 Å². The zero-order valence-electron chi connectivity index (χ0n) is 11.9. The third-order valence-electron chi connectivity index (χ3n) is 3.45. The molecule has 0 fully saturated rings. The average Bonchev–Trinajstić information content (AvgIpc) is 2.47. The standard InChI is InChI=1S/C16H21NO3/c1-3-4-16(18)17-9-7-15-14-6-5-13(19-2)11-12(14)8-10-20-15/h3,5-6,11,15H,1,4,7-10H2,2H3,(H,17,18). The van der Waals surface area contributed by atoms with Crippen LogP contribution in [0, 0.1) is 0 Å². The molecule has 20 heavy (non-hydrogen) atoms. The largest absolute Gasteiger partial charge is 0.497 e. The number of ether oxygens (including phenoxy) is 2. The molecule has 4 nitrogen and oxygen atoms in total. The molecule has 0 aromatic heterocycles. The van der Waals surface area contributed by atoms with Crippen LogP contribution < -0.4 is 10.1 Å². The van der Waals surface area contributed by atoms with Crippen molar-refractivity contribution >= 4 is 5.91 Å². The Morgan fingerprint density at radius 1 is 1.60 bits per heavy atom. The average molecular weight is 275 g/mol. The fraction of sp³-hybridized carbons (Fsp3) is 0.438. The van der Waals surface area contributed by atoms with Crippen LogP contribution in [0.4, 0.5) is 0 Å². The molecule has 1 unspecified atom stereocenters. The topological polar surface area (TPSA) is 47.6 Å². The van der Waals surface area contributed by atoms with Gasteiger partial charge in [0.2, 0.25) is 5.91 Å². The summed E-state index contributed by atoms with van der Waals surface area (Å²) in [6.07, 6.45) is 3.70. The van der Waals surface area contributed by atoms with E-state index in [4.69, 9.17) is 9.47 Å². The number of carbonyl (C=O) groups is 1. The number of carbonyl (C=O) groups excluding carboxylic acids is 1. The molecule has 0 saturated carbocycles. The Morgan fingerprint density at radius 3 is 3.20 bits per heavy atom. The van der Waals surface area contributed by atoms with Crippen LogP contribution in [0.1, 0.15) is 30.1 Å². The highest BCUT2D eigenvalue weighted by Crippen LogP contribution is 2.31. The molecule has 108 valence electrons. The number of hydrogen-bond acceptors (Lipinski definition) is 3. The normalized spacial score (nSPS) is 17.1. The molecule has 1 aliphatic rings. The molecule has 0 aliphatic carbocycles. The van der Waals surface area contributed by atoms with Crippen molar-refractivity contribution in [2.24, 2.45) is 0 Å². The summed E-state index contributed by atoms with van der Waals surface area (Å²) in [6.45, 7) is 4.87. The van der Waals surface area contributed by atoms with E-state index >= 15 is 0 Å². The molecule has 0 spiro atoms. The highest BCUT2D eigenvalue weighted by Gasteiger charge is 2.21. The number of hydrogen-bond donors (Lipinski definition) is 1. The summed E-state index contributed by atoms with van der Waals surface area (Å²) in [6, 6.07) is 6.08. The molecule has 0 radical (unpaired) electrons. The van der Waals surface area contributed by atoms with Gasteiger partial charge < -0.3 is 14.8 Å². The van der Waals surface area contributed by atoms with Crippen molar-refractivity contribution in [3.63, 3.8) is 0 Å². The number of benzene rings is 1. The van der Waals surface area contributed by atoms with Crippen LogP contribution in [0.25, 0.3) is 0 Å². The summed E-state index contributed by atoms with van der Waals surface area (Å²) in [5.41, 5.74) is 2.48.